The predicted octanol–water partition coefficient (Wildman–Crippen LogP) is 2.64. The maximum absolute atomic E-state index is 12.1. The normalized spacial score (nSPS) is 12.7. The molecule has 1 unspecified atom stereocenters. The van der Waals surface area contributed by atoms with Gasteiger partial charge in [0.1, 0.15) is 6.04 Å². The lowest BCUT2D eigenvalue weighted by molar-refractivity contribution is -0.140. The summed E-state index contributed by atoms with van der Waals surface area (Å²) in [6.45, 7) is 8.00. The highest BCUT2D eigenvalue weighted by atomic mass is 16.5. The van der Waals surface area contributed by atoms with Crippen LogP contribution in [-0.2, 0) is 16.0 Å². The van der Waals surface area contributed by atoms with Gasteiger partial charge in [-0.15, -0.1) is 0 Å². The van der Waals surface area contributed by atoms with Crippen LogP contribution in [0.2, 0.25) is 0 Å². The number of carboxylic acids is 1. The highest BCUT2D eigenvalue weighted by Gasteiger charge is 2.21. The van der Waals surface area contributed by atoms with Crippen LogP contribution >= 0.6 is 0 Å². The van der Waals surface area contributed by atoms with Gasteiger partial charge >= 0.3 is 5.97 Å². The maximum atomic E-state index is 12.1. The Labute approximate surface area is 131 Å². The van der Waals surface area contributed by atoms with Gasteiger partial charge in [-0.2, -0.15) is 0 Å². The third-order valence-electron chi connectivity index (χ3n) is 3.17. The molecule has 0 aliphatic heterocycles. The molecule has 2 N–H and O–H groups in total. The molecule has 1 amide bonds. The summed E-state index contributed by atoms with van der Waals surface area (Å²) in [4.78, 5) is 23.4. The summed E-state index contributed by atoms with van der Waals surface area (Å²) in [6.07, 6.45) is 1.12. The molecule has 5 heteroatoms. The largest absolute Gasteiger partial charge is 0.480 e. The van der Waals surface area contributed by atoms with Crippen molar-refractivity contribution in [3.63, 3.8) is 0 Å². The minimum atomic E-state index is -1.06. The standard InChI is InChI=1S/C17H25NO4/c1-5-12-6-8-13(9-7-12)15(19)18-14(16(20)21)10-11-22-17(2,3)4/h6-9,14H,5,10-11H2,1-4H3,(H,18,19)(H,20,21). The van der Waals surface area contributed by atoms with Crippen LogP contribution in [0, 0.1) is 0 Å². The van der Waals surface area contributed by atoms with E-state index in [2.05, 4.69) is 5.32 Å². The topological polar surface area (TPSA) is 75.6 Å². The lowest BCUT2D eigenvalue weighted by Gasteiger charge is -2.21. The molecular formula is C17H25NO4. The van der Waals surface area contributed by atoms with Crippen LogP contribution in [0.1, 0.15) is 50.0 Å². The Morgan fingerprint density at radius 1 is 1.23 bits per heavy atom. The minimum Gasteiger partial charge on any atom is -0.480 e. The van der Waals surface area contributed by atoms with E-state index in [9.17, 15) is 14.7 Å². The molecule has 0 saturated heterocycles. The molecule has 0 fully saturated rings. The van der Waals surface area contributed by atoms with Gasteiger partial charge in [0.15, 0.2) is 0 Å². The lowest BCUT2D eigenvalue weighted by atomic mass is 10.1. The van der Waals surface area contributed by atoms with Crippen LogP contribution in [0.25, 0.3) is 0 Å². The number of ether oxygens (including phenoxy) is 1. The SMILES string of the molecule is CCc1ccc(C(=O)NC(CCOC(C)(C)C)C(=O)O)cc1. The van der Waals surface area contributed by atoms with Gasteiger partial charge in [-0.3, -0.25) is 4.79 Å². The Morgan fingerprint density at radius 2 is 1.82 bits per heavy atom. The van der Waals surface area contributed by atoms with Gasteiger partial charge in [-0.25, -0.2) is 4.79 Å². The number of carbonyl (C=O) groups is 2. The molecule has 1 rings (SSSR count). The number of rotatable bonds is 7. The highest BCUT2D eigenvalue weighted by molar-refractivity contribution is 5.96. The number of amides is 1. The Balaban J connectivity index is 2.61. The van der Waals surface area contributed by atoms with Crippen LogP contribution in [0.15, 0.2) is 24.3 Å². The third-order valence-corrected chi connectivity index (χ3v) is 3.17. The summed E-state index contributed by atoms with van der Waals surface area (Å²) in [5.41, 5.74) is 1.26. The van der Waals surface area contributed by atoms with E-state index in [0.717, 1.165) is 12.0 Å². The van der Waals surface area contributed by atoms with E-state index in [0.29, 0.717) is 5.56 Å². The number of benzene rings is 1. The molecule has 1 aromatic rings. The summed E-state index contributed by atoms with van der Waals surface area (Å²) < 4.78 is 5.51. The van der Waals surface area contributed by atoms with Crippen molar-refractivity contribution in [2.24, 2.45) is 0 Å². The van der Waals surface area contributed by atoms with Gasteiger partial charge in [0.05, 0.1) is 5.60 Å². The van der Waals surface area contributed by atoms with E-state index in [4.69, 9.17) is 4.74 Å². The minimum absolute atomic E-state index is 0.228. The van der Waals surface area contributed by atoms with Gasteiger partial charge in [-0.1, -0.05) is 19.1 Å². The number of nitrogens with one attached hydrogen (secondary N) is 1. The van der Waals surface area contributed by atoms with Crippen LogP contribution in [0.4, 0.5) is 0 Å². The molecule has 0 aliphatic rings. The molecule has 0 aliphatic carbocycles. The molecule has 1 atom stereocenters. The van der Waals surface area contributed by atoms with Crippen LogP contribution in [0.5, 0.6) is 0 Å². The Bertz CT molecular complexity index is 502. The molecule has 0 aromatic heterocycles. The number of carboxylic acid groups (broad SMARTS) is 1. The van der Waals surface area contributed by atoms with E-state index >= 15 is 0 Å². The van der Waals surface area contributed by atoms with Gasteiger partial charge in [0.25, 0.3) is 5.91 Å². The quantitative estimate of drug-likeness (QED) is 0.812. The van der Waals surface area contributed by atoms with E-state index in [-0.39, 0.29) is 24.5 Å². The van der Waals surface area contributed by atoms with Crippen molar-refractivity contribution in [1.82, 2.24) is 5.32 Å². The van der Waals surface area contributed by atoms with E-state index < -0.39 is 12.0 Å². The van der Waals surface area contributed by atoms with E-state index in [1.54, 1.807) is 12.1 Å². The zero-order valence-corrected chi connectivity index (χ0v) is 13.7. The van der Waals surface area contributed by atoms with Crippen molar-refractivity contribution in [1.29, 1.82) is 0 Å². The second-order valence-electron chi connectivity index (χ2n) is 6.16. The highest BCUT2D eigenvalue weighted by Crippen LogP contribution is 2.09. The molecule has 0 spiro atoms. The number of carbonyl (C=O) groups excluding carboxylic acids is 1. The monoisotopic (exact) mass is 307 g/mol. The molecule has 122 valence electrons. The lowest BCUT2D eigenvalue weighted by Crippen LogP contribution is -2.42. The maximum Gasteiger partial charge on any atom is 0.326 e. The summed E-state index contributed by atoms with van der Waals surface area (Å²) >= 11 is 0. The second-order valence-corrected chi connectivity index (χ2v) is 6.16. The zero-order chi connectivity index (χ0) is 16.8. The first-order valence-electron chi connectivity index (χ1n) is 7.49. The first-order chi connectivity index (χ1) is 10.2. The third kappa shape index (κ3) is 6.26. The smallest absolute Gasteiger partial charge is 0.326 e. The molecule has 22 heavy (non-hydrogen) atoms. The second kappa shape index (κ2) is 7.94. The van der Waals surface area contributed by atoms with E-state index in [1.807, 2.05) is 39.8 Å². The molecule has 1 aromatic carbocycles. The fourth-order valence-corrected chi connectivity index (χ4v) is 1.87. The molecular weight excluding hydrogens is 282 g/mol. The van der Waals surface area contributed by atoms with Crippen LogP contribution in [-0.4, -0.2) is 35.2 Å². The van der Waals surface area contributed by atoms with Gasteiger partial charge in [-0.05, 0) is 44.9 Å². The van der Waals surface area contributed by atoms with Gasteiger partial charge < -0.3 is 15.2 Å². The molecule has 0 saturated carbocycles. The molecule has 0 radical (unpaired) electrons. The summed E-state index contributed by atoms with van der Waals surface area (Å²) in [5.74, 6) is -1.44. The van der Waals surface area contributed by atoms with Gasteiger partial charge in [0, 0.05) is 18.6 Å². The summed E-state index contributed by atoms with van der Waals surface area (Å²) in [7, 11) is 0. The summed E-state index contributed by atoms with van der Waals surface area (Å²) in [6, 6.07) is 6.19. The van der Waals surface area contributed by atoms with Crippen LogP contribution in [0.3, 0.4) is 0 Å². The van der Waals surface area contributed by atoms with Crippen molar-refractivity contribution >= 4 is 11.9 Å². The average molecular weight is 307 g/mol. The van der Waals surface area contributed by atoms with Crippen molar-refractivity contribution < 1.29 is 19.4 Å². The predicted molar refractivity (Wildman–Crippen MR) is 85.0 cm³/mol. The van der Waals surface area contributed by atoms with E-state index in [1.165, 1.54) is 0 Å². The van der Waals surface area contributed by atoms with Crippen molar-refractivity contribution in [2.75, 3.05) is 6.61 Å². The zero-order valence-electron chi connectivity index (χ0n) is 13.7. The molecule has 0 bridgehead atoms. The first kappa shape index (κ1) is 18.2. The number of hydrogen-bond acceptors (Lipinski definition) is 3. The fraction of sp³-hybridized carbons (Fsp3) is 0.529. The first-order valence-corrected chi connectivity index (χ1v) is 7.49. The average Bonchev–Trinajstić information content (AvgIpc) is 2.44. The Hall–Kier alpha value is -1.88. The molecule has 0 heterocycles. The number of aliphatic carboxylic acids is 1. The number of hydrogen-bond donors (Lipinski definition) is 2. The van der Waals surface area contributed by atoms with Crippen molar-refractivity contribution in [3.05, 3.63) is 35.4 Å². The Kier molecular flexibility index (Phi) is 6.56. The van der Waals surface area contributed by atoms with Crippen LogP contribution < -0.4 is 5.32 Å². The van der Waals surface area contributed by atoms with Gasteiger partial charge in [0.2, 0.25) is 0 Å². The fourth-order valence-electron chi connectivity index (χ4n) is 1.87. The molecule has 5 nitrogen and oxygen atoms in total. The summed E-state index contributed by atoms with van der Waals surface area (Å²) in [5, 5.41) is 11.7. The Morgan fingerprint density at radius 3 is 2.27 bits per heavy atom. The van der Waals surface area contributed by atoms with Crippen molar-refractivity contribution in [2.45, 2.75) is 52.2 Å². The van der Waals surface area contributed by atoms with Crippen molar-refractivity contribution in [3.8, 4) is 0 Å². The number of aryl methyl sites for hydroxylation is 1.